The molecular formula is C17H15ClN4O3S. The molecule has 0 aliphatic carbocycles. The molecule has 2 heterocycles. The number of hydrogen-bond acceptors (Lipinski definition) is 6. The van der Waals surface area contributed by atoms with Crippen molar-refractivity contribution in [2.45, 2.75) is 13.5 Å². The maximum absolute atomic E-state index is 12.2. The van der Waals surface area contributed by atoms with E-state index in [1.54, 1.807) is 30.5 Å². The Bertz CT molecular complexity index is 998. The van der Waals surface area contributed by atoms with E-state index in [1.165, 1.54) is 24.5 Å². The number of hydrogen-bond donors (Lipinski definition) is 1. The minimum atomic E-state index is -0.440. The minimum Gasteiger partial charge on any atom is -0.494 e. The Balaban J connectivity index is 1.89. The number of aryl methyl sites for hydroxylation is 1. The second-order valence-corrected chi connectivity index (χ2v) is 7.06. The maximum Gasteiger partial charge on any atom is 0.270 e. The van der Waals surface area contributed by atoms with Gasteiger partial charge in [0, 0.05) is 27.7 Å². The molecule has 0 saturated heterocycles. The van der Waals surface area contributed by atoms with Crippen molar-refractivity contribution >= 4 is 34.0 Å². The lowest BCUT2D eigenvalue weighted by atomic mass is 10.1. The van der Waals surface area contributed by atoms with Crippen LogP contribution in [0.2, 0.25) is 5.02 Å². The number of benzene rings is 1. The first kappa shape index (κ1) is 18.1. The third kappa shape index (κ3) is 4.09. The number of nitrogens with zero attached hydrogens (tertiary/aromatic N) is 3. The van der Waals surface area contributed by atoms with Gasteiger partial charge in [0.1, 0.15) is 12.2 Å². The van der Waals surface area contributed by atoms with Crippen LogP contribution in [0, 0.1) is 6.92 Å². The highest BCUT2D eigenvalue weighted by atomic mass is 35.5. The van der Waals surface area contributed by atoms with E-state index in [0.29, 0.717) is 21.6 Å². The van der Waals surface area contributed by atoms with Crippen molar-refractivity contribution in [2.75, 3.05) is 12.4 Å². The number of amides is 1. The molecule has 7 nitrogen and oxygen atoms in total. The molecule has 0 radical (unpaired) electrons. The van der Waals surface area contributed by atoms with E-state index in [2.05, 4.69) is 15.4 Å². The zero-order chi connectivity index (χ0) is 18.7. The van der Waals surface area contributed by atoms with Crippen molar-refractivity contribution in [2.24, 2.45) is 0 Å². The maximum atomic E-state index is 12.2. The van der Waals surface area contributed by atoms with Crippen molar-refractivity contribution < 1.29 is 9.53 Å². The number of halogens is 1. The molecule has 3 rings (SSSR count). The van der Waals surface area contributed by atoms with Crippen LogP contribution in [0.4, 0.5) is 5.13 Å². The molecular weight excluding hydrogens is 376 g/mol. The van der Waals surface area contributed by atoms with Crippen LogP contribution in [-0.2, 0) is 11.3 Å². The van der Waals surface area contributed by atoms with E-state index in [4.69, 9.17) is 16.3 Å². The van der Waals surface area contributed by atoms with Gasteiger partial charge in [0.25, 0.3) is 5.56 Å². The number of nitrogens with one attached hydrogen (secondary N) is 1. The first-order valence-electron chi connectivity index (χ1n) is 7.60. The fourth-order valence-electron chi connectivity index (χ4n) is 2.26. The first-order valence-corrected chi connectivity index (χ1v) is 8.80. The van der Waals surface area contributed by atoms with Crippen molar-refractivity contribution in [3.63, 3.8) is 0 Å². The monoisotopic (exact) mass is 390 g/mol. The number of ether oxygens (including phenoxy) is 1. The molecule has 2 aromatic heterocycles. The molecule has 0 saturated carbocycles. The molecule has 1 amide bonds. The summed E-state index contributed by atoms with van der Waals surface area (Å²) < 4.78 is 6.34. The van der Waals surface area contributed by atoms with Gasteiger partial charge >= 0.3 is 0 Å². The number of aromatic nitrogens is 3. The molecule has 0 spiro atoms. The van der Waals surface area contributed by atoms with Gasteiger partial charge in [0.05, 0.1) is 7.11 Å². The Morgan fingerprint density at radius 3 is 2.69 bits per heavy atom. The van der Waals surface area contributed by atoms with Crippen LogP contribution in [0.1, 0.15) is 4.88 Å². The smallest absolute Gasteiger partial charge is 0.270 e. The molecule has 0 fully saturated rings. The van der Waals surface area contributed by atoms with Crippen molar-refractivity contribution in [1.82, 2.24) is 14.8 Å². The van der Waals surface area contributed by atoms with Gasteiger partial charge in [0.2, 0.25) is 5.91 Å². The molecule has 9 heteroatoms. The lowest BCUT2D eigenvalue weighted by Gasteiger charge is -2.11. The van der Waals surface area contributed by atoms with Crippen LogP contribution in [0.15, 0.2) is 41.3 Å². The largest absolute Gasteiger partial charge is 0.494 e. The van der Waals surface area contributed by atoms with Gasteiger partial charge in [-0.2, -0.15) is 5.10 Å². The second-order valence-electron chi connectivity index (χ2n) is 5.39. The summed E-state index contributed by atoms with van der Waals surface area (Å²) in [5.41, 5.74) is 0.725. The molecule has 1 aromatic carbocycles. The van der Waals surface area contributed by atoms with Crippen LogP contribution in [0.25, 0.3) is 11.3 Å². The first-order chi connectivity index (χ1) is 12.5. The highest BCUT2D eigenvalue weighted by Gasteiger charge is 2.14. The second kappa shape index (κ2) is 7.67. The summed E-state index contributed by atoms with van der Waals surface area (Å²) in [5.74, 6) is -0.0642. The van der Waals surface area contributed by atoms with Crippen LogP contribution in [-0.4, -0.2) is 27.8 Å². The average molecular weight is 391 g/mol. The van der Waals surface area contributed by atoms with Gasteiger partial charge in [0.15, 0.2) is 10.9 Å². The van der Waals surface area contributed by atoms with Crippen molar-refractivity contribution in [1.29, 1.82) is 0 Å². The fraction of sp³-hybridized carbons (Fsp3) is 0.176. The summed E-state index contributed by atoms with van der Waals surface area (Å²) in [7, 11) is 1.46. The highest BCUT2D eigenvalue weighted by Crippen LogP contribution is 2.27. The molecule has 134 valence electrons. The summed E-state index contributed by atoms with van der Waals surface area (Å²) in [5, 5.41) is 8.00. The normalized spacial score (nSPS) is 10.6. The zero-order valence-electron chi connectivity index (χ0n) is 14.0. The molecule has 0 bridgehead atoms. The topological polar surface area (TPSA) is 86.1 Å². The molecule has 0 aliphatic heterocycles. The van der Waals surface area contributed by atoms with Gasteiger partial charge in [-0.15, -0.1) is 11.3 Å². The van der Waals surface area contributed by atoms with E-state index in [1.807, 2.05) is 6.92 Å². The Hall–Kier alpha value is -2.71. The molecule has 26 heavy (non-hydrogen) atoms. The molecule has 0 atom stereocenters. The van der Waals surface area contributed by atoms with E-state index >= 15 is 0 Å². The van der Waals surface area contributed by atoms with E-state index in [-0.39, 0.29) is 12.5 Å². The van der Waals surface area contributed by atoms with Crippen molar-refractivity contribution in [3.05, 3.63) is 56.8 Å². The predicted molar refractivity (Wildman–Crippen MR) is 101 cm³/mol. The Labute approximate surface area is 158 Å². The third-order valence-corrected chi connectivity index (χ3v) is 4.54. The fourth-order valence-corrected chi connectivity index (χ4v) is 3.06. The predicted octanol–water partition coefficient (Wildman–Crippen LogP) is 2.98. The lowest BCUT2D eigenvalue weighted by Crippen LogP contribution is -2.29. The summed E-state index contributed by atoms with van der Waals surface area (Å²) in [4.78, 5) is 29.5. The van der Waals surface area contributed by atoms with Crippen LogP contribution in [0.5, 0.6) is 5.75 Å². The van der Waals surface area contributed by atoms with Gasteiger partial charge in [-0.05, 0) is 19.1 Å². The van der Waals surface area contributed by atoms with E-state index in [9.17, 15) is 9.59 Å². The average Bonchev–Trinajstić information content (AvgIpc) is 3.01. The Morgan fingerprint density at radius 2 is 2.08 bits per heavy atom. The van der Waals surface area contributed by atoms with Gasteiger partial charge in [-0.1, -0.05) is 23.7 Å². The van der Waals surface area contributed by atoms with E-state index < -0.39 is 5.56 Å². The summed E-state index contributed by atoms with van der Waals surface area (Å²) in [6, 6.07) is 8.26. The Kier molecular flexibility index (Phi) is 5.34. The number of rotatable bonds is 5. The van der Waals surface area contributed by atoms with Gasteiger partial charge < -0.3 is 10.1 Å². The number of methoxy groups -OCH3 is 1. The standard InChI is InChI=1S/C17H15ClN4O3S/c1-10-8-19-17(26-10)20-14(23)9-22-15(24)7-13(25-2)16(21-22)11-3-5-12(18)6-4-11/h3-8H,9H2,1-2H3,(H,19,20,23). The molecule has 0 aliphatic rings. The van der Waals surface area contributed by atoms with Crippen molar-refractivity contribution in [3.8, 4) is 17.0 Å². The summed E-state index contributed by atoms with van der Waals surface area (Å²) in [6.45, 7) is 1.66. The van der Waals surface area contributed by atoms with Gasteiger partial charge in [-0.25, -0.2) is 9.67 Å². The van der Waals surface area contributed by atoms with Crippen LogP contribution in [0.3, 0.4) is 0 Å². The number of carbonyl (C=O) groups excluding carboxylic acids is 1. The summed E-state index contributed by atoms with van der Waals surface area (Å²) >= 11 is 7.27. The molecule has 3 aromatic rings. The highest BCUT2D eigenvalue weighted by molar-refractivity contribution is 7.15. The number of carbonyl (C=O) groups is 1. The SMILES string of the molecule is COc1cc(=O)n(CC(=O)Nc2ncc(C)s2)nc1-c1ccc(Cl)cc1. The zero-order valence-corrected chi connectivity index (χ0v) is 15.6. The Morgan fingerprint density at radius 1 is 1.35 bits per heavy atom. The van der Waals surface area contributed by atoms with Crippen LogP contribution < -0.4 is 15.6 Å². The number of anilines is 1. The van der Waals surface area contributed by atoms with E-state index in [0.717, 1.165) is 15.1 Å². The molecule has 1 N–H and O–H groups in total. The minimum absolute atomic E-state index is 0.234. The third-order valence-electron chi connectivity index (χ3n) is 3.46. The molecule has 0 unspecified atom stereocenters. The number of thiazole rings is 1. The van der Waals surface area contributed by atoms with Crippen LogP contribution >= 0.6 is 22.9 Å². The quantitative estimate of drug-likeness (QED) is 0.723. The summed E-state index contributed by atoms with van der Waals surface area (Å²) in [6.07, 6.45) is 1.66. The van der Waals surface area contributed by atoms with Gasteiger partial charge in [-0.3, -0.25) is 9.59 Å². The lowest BCUT2D eigenvalue weighted by molar-refractivity contribution is -0.117.